The molecular formula is C12H14O. The number of hydrogen-bond acceptors (Lipinski definition) is 1. The minimum Gasteiger partial charge on any atom is -0.396 e. The molecule has 2 rings (SSSR count). The Hall–Kier alpha value is -1.08. The van der Waals surface area contributed by atoms with Gasteiger partial charge in [-0.3, -0.25) is 0 Å². The third-order valence-electron chi connectivity index (χ3n) is 2.63. The van der Waals surface area contributed by atoms with Crippen molar-refractivity contribution in [2.24, 2.45) is 5.92 Å². The lowest BCUT2D eigenvalue weighted by Crippen LogP contribution is -2.01. The Balaban J connectivity index is 2.09. The van der Waals surface area contributed by atoms with Crippen LogP contribution in [-0.4, -0.2) is 11.7 Å². The Labute approximate surface area is 78.7 Å². The quantitative estimate of drug-likeness (QED) is 0.682. The second-order valence-corrected chi connectivity index (χ2v) is 3.58. The van der Waals surface area contributed by atoms with Crippen molar-refractivity contribution in [3.63, 3.8) is 0 Å². The number of benzene rings is 1. The molecule has 1 aromatic carbocycles. The highest BCUT2D eigenvalue weighted by Gasteiger charge is 2.18. The smallest absolute Gasteiger partial charge is 0.0494 e. The molecule has 1 aliphatic carbocycles. The van der Waals surface area contributed by atoms with E-state index in [2.05, 4.69) is 36.4 Å². The molecule has 0 saturated heterocycles. The van der Waals surface area contributed by atoms with Crippen molar-refractivity contribution in [2.45, 2.75) is 12.3 Å². The molecule has 0 aromatic heterocycles. The van der Waals surface area contributed by atoms with Crippen LogP contribution in [0.5, 0.6) is 0 Å². The first-order chi connectivity index (χ1) is 6.40. The zero-order valence-electron chi connectivity index (χ0n) is 7.56. The molecule has 0 spiro atoms. The van der Waals surface area contributed by atoms with Crippen molar-refractivity contribution >= 4 is 0 Å². The van der Waals surface area contributed by atoms with Gasteiger partial charge < -0.3 is 5.11 Å². The number of aliphatic hydroxyl groups excluding tert-OH is 1. The predicted molar refractivity (Wildman–Crippen MR) is 53.5 cm³/mol. The van der Waals surface area contributed by atoms with Gasteiger partial charge in [-0.1, -0.05) is 42.5 Å². The molecule has 0 heterocycles. The molecular weight excluding hydrogens is 160 g/mol. The third kappa shape index (κ3) is 1.81. The summed E-state index contributed by atoms with van der Waals surface area (Å²) in [5.74, 6) is 0.878. The highest BCUT2D eigenvalue weighted by molar-refractivity contribution is 5.26. The lowest BCUT2D eigenvalue weighted by atomic mass is 9.96. The number of allylic oxidation sites excluding steroid dienone is 1. The first-order valence-electron chi connectivity index (χ1n) is 4.74. The first-order valence-corrected chi connectivity index (χ1v) is 4.74. The molecule has 0 fully saturated rings. The maximum absolute atomic E-state index is 8.98. The Morgan fingerprint density at radius 3 is 2.54 bits per heavy atom. The van der Waals surface area contributed by atoms with Gasteiger partial charge in [0.05, 0.1) is 0 Å². The number of rotatable bonds is 2. The third-order valence-corrected chi connectivity index (χ3v) is 2.63. The normalized spacial score (nSPS) is 26.5. The molecule has 68 valence electrons. The van der Waals surface area contributed by atoms with Gasteiger partial charge in [0.15, 0.2) is 0 Å². The molecule has 0 unspecified atom stereocenters. The van der Waals surface area contributed by atoms with Crippen molar-refractivity contribution in [1.82, 2.24) is 0 Å². The molecule has 0 bridgehead atoms. The van der Waals surface area contributed by atoms with Gasteiger partial charge in [-0.25, -0.2) is 0 Å². The van der Waals surface area contributed by atoms with Crippen LogP contribution in [0.2, 0.25) is 0 Å². The Bertz CT molecular complexity index is 289. The fourth-order valence-electron chi connectivity index (χ4n) is 1.86. The molecule has 1 aliphatic rings. The van der Waals surface area contributed by atoms with Crippen LogP contribution in [0.15, 0.2) is 42.5 Å². The van der Waals surface area contributed by atoms with E-state index in [1.807, 2.05) is 6.07 Å². The fraction of sp³-hybridized carbons (Fsp3) is 0.333. The van der Waals surface area contributed by atoms with Crippen molar-refractivity contribution in [3.8, 4) is 0 Å². The highest BCUT2D eigenvalue weighted by atomic mass is 16.3. The van der Waals surface area contributed by atoms with Crippen LogP contribution in [-0.2, 0) is 0 Å². The zero-order valence-corrected chi connectivity index (χ0v) is 7.56. The molecule has 0 saturated carbocycles. The van der Waals surface area contributed by atoms with Gasteiger partial charge in [0.1, 0.15) is 0 Å². The minimum atomic E-state index is 0.278. The Kier molecular flexibility index (Phi) is 2.46. The van der Waals surface area contributed by atoms with E-state index in [0.29, 0.717) is 11.8 Å². The topological polar surface area (TPSA) is 20.2 Å². The van der Waals surface area contributed by atoms with Crippen LogP contribution in [0.1, 0.15) is 17.9 Å². The summed E-state index contributed by atoms with van der Waals surface area (Å²) in [4.78, 5) is 0. The van der Waals surface area contributed by atoms with E-state index in [-0.39, 0.29) is 6.61 Å². The van der Waals surface area contributed by atoms with Gasteiger partial charge in [-0.05, 0) is 12.0 Å². The van der Waals surface area contributed by atoms with Gasteiger partial charge in [-0.15, -0.1) is 0 Å². The standard InChI is InChI=1S/C12H14O/c13-9-10-6-7-12(8-10)11-4-2-1-3-5-11/h1-7,10,12-13H,8-9H2/t10-,12+/m1/s1. The highest BCUT2D eigenvalue weighted by Crippen LogP contribution is 2.31. The SMILES string of the molecule is OC[C@@H]1C=C[C@H](c2ccccc2)C1. The van der Waals surface area contributed by atoms with Crippen LogP contribution < -0.4 is 0 Å². The second-order valence-electron chi connectivity index (χ2n) is 3.58. The van der Waals surface area contributed by atoms with E-state index in [1.54, 1.807) is 0 Å². The monoisotopic (exact) mass is 174 g/mol. The van der Waals surface area contributed by atoms with Crippen molar-refractivity contribution < 1.29 is 5.11 Å². The van der Waals surface area contributed by atoms with E-state index < -0.39 is 0 Å². The maximum Gasteiger partial charge on any atom is 0.0494 e. The van der Waals surface area contributed by atoms with Crippen LogP contribution >= 0.6 is 0 Å². The summed E-state index contributed by atoms with van der Waals surface area (Å²) in [7, 11) is 0. The molecule has 1 nitrogen and oxygen atoms in total. The number of hydrogen-bond donors (Lipinski definition) is 1. The van der Waals surface area contributed by atoms with Gasteiger partial charge in [-0.2, -0.15) is 0 Å². The molecule has 0 radical (unpaired) electrons. The van der Waals surface area contributed by atoms with Crippen LogP contribution in [0.3, 0.4) is 0 Å². The van der Waals surface area contributed by atoms with E-state index in [9.17, 15) is 0 Å². The molecule has 1 N–H and O–H groups in total. The van der Waals surface area contributed by atoms with Gasteiger partial charge in [0.2, 0.25) is 0 Å². The van der Waals surface area contributed by atoms with E-state index in [4.69, 9.17) is 5.11 Å². The summed E-state index contributed by atoms with van der Waals surface area (Å²) >= 11 is 0. The molecule has 1 aromatic rings. The first kappa shape index (κ1) is 8.52. The van der Waals surface area contributed by atoms with Crippen molar-refractivity contribution in [3.05, 3.63) is 48.0 Å². The summed E-state index contributed by atoms with van der Waals surface area (Å²) in [6.07, 6.45) is 5.38. The fourth-order valence-corrected chi connectivity index (χ4v) is 1.86. The average Bonchev–Trinajstić information content (AvgIpc) is 2.67. The van der Waals surface area contributed by atoms with Crippen LogP contribution in [0.25, 0.3) is 0 Å². The zero-order chi connectivity index (χ0) is 9.10. The molecule has 0 aliphatic heterocycles. The van der Waals surface area contributed by atoms with Crippen LogP contribution in [0.4, 0.5) is 0 Å². The van der Waals surface area contributed by atoms with Crippen molar-refractivity contribution in [2.75, 3.05) is 6.61 Å². The lowest BCUT2D eigenvalue weighted by Gasteiger charge is -2.09. The summed E-state index contributed by atoms with van der Waals surface area (Å²) in [6, 6.07) is 10.5. The molecule has 0 amide bonds. The maximum atomic E-state index is 8.98. The Morgan fingerprint density at radius 1 is 1.15 bits per heavy atom. The molecule has 1 heteroatoms. The minimum absolute atomic E-state index is 0.278. The van der Waals surface area contributed by atoms with E-state index in [1.165, 1.54) is 5.56 Å². The van der Waals surface area contributed by atoms with E-state index in [0.717, 1.165) is 6.42 Å². The summed E-state index contributed by atoms with van der Waals surface area (Å²) in [5.41, 5.74) is 1.36. The van der Waals surface area contributed by atoms with E-state index >= 15 is 0 Å². The van der Waals surface area contributed by atoms with Gasteiger partial charge in [0.25, 0.3) is 0 Å². The molecule has 13 heavy (non-hydrogen) atoms. The molecule has 2 atom stereocenters. The lowest BCUT2D eigenvalue weighted by molar-refractivity contribution is 0.249. The van der Waals surface area contributed by atoms with Gasteiger partial charge in [0, 0.05) is 18.4 Å². The second kappa shape index (κ2) is 3.75. The van der Waals surface area contributed by atoms with Crippen LogP contribution in [0, 0.1) is 5.92 Å². The summed E-state index contributed by atoms with van der Waals surface area (Å²) < 4.78 is 0. The average molecular weight is 174 g/mol. The van der Waals surface area contributed by atoms with Crippen molar-refractivity contribution in [1.29, 1.82) is 0 Å². The summed E-state index contributed by atoms with van der Waals surface area (Å²) in [6.45, 7) is 0.278. The largest absolute Gasteiger partial charge is 0.396 e. The predicted octanol–water partition coefficient (Wildman–Crippen LogP) is 2.34. The summed E-state index contributed by atoms with van der Waals surface area (Å²) in [5, 5.41) is 8.98. The Morgan fingerprint density at radius 2 is 1.92 bits per heavy atom. The number of aliphatic hydroxyl groups is 1. The van der Waals surface area contributed by atoms with Gasteiger partial charge >= 0.3 is 0 Å².